The number of hydrogen-bond acceptors (Lipinski definition) is 6. The summed E-state index contributed by atoms with van der Waals surface area (Å²) in [6.07, 6.45) is 4.81. The first-order valence-electron chi connectivity index (χ1n) is 11.4. The van der Waals surface area contributed by atoms with Gasteiger partial charge in [-0.3, -0.25) is 4.84 Å². The zero-order valence-electron chi connectivity index (χ0n) is 18.9. The van der Waals surface area contributed by atoms with Crippen LogP contribution in [0.2, 0.25) is 0 Å². The van der Waals surface area contributed by atoms with Gasteiger partial charge in [0.05, 0.1) is 32.0 Å². The lowest BCUT2D eigenvalue weighted by atomic mass is 9.73. The zero-order valence-corrected chi connectivity index (χ0v) is 18.9. The molecule has 0 bridgehead atoms. The molecule has 3 heterocycles. The maximum Gasteiger partial charge on any atom is 0.172 e. The highest BCUT2D eigenvalue weighted by Crippen LogP contribution is 2.50. The minimum absolute atomic E-state index is 0.0886. The average Bonchev–Trinajstić information content (AvgIpc) is 3.47. The highest BCUT2D eigenvalue weighted by Gasteiger charge is 2.58. The van der Waals surface area contributed by atoms with Crippen molar-refractivity contribution < 1.29 is 23.8 Å². The van der Waals surface area contributed by atoms with E-state index in [1.165, 1.54) is 5.56 Å². The fourth-order valence-electron chi connectivity index (χ4n) is 5.17. The molecule has 3 aliphatic rings. The van der Waals surface area contributed by atoms with Crippen molar-refractivity contribution in [2.45, 2.75) is 82.8 Å². The van der Waals surface area contributed by atoms with Gasteiger partial charge in [0, 0.05) is 18.4 Å². The van der Waals surface area contributed by atoms with E-state index in [1.54, 1.807) is 0 Å². The van der Waals surface area contributed by atoms with Gasteiger partial charge in [-0.25, -0.2) is 0 Å². The van der Waals surface area contributed by atoms with Crippen molar-refractivity contribution in [1.29, 1.82) is 0 Å². The number of hydroxylamine groups is 2. The Morgan fingerprint density at radius 3 is 2.30 bits per heavy atom. The molecule has 6 heteroatoms. The monoisotopic (exact) mass is 419 g/mol. The molecule has 1 aromatic rings. The van der Waals surface area contributed by atoms with E-state index >= 15 is 0 Å². The molecule has 0 amide bonds. The van der Waals surface area contributed by atoms with Gasteiger partial charge < -0.3 is 18.9 Å². The summed E-state index contributed by atoms with van der Waals surface area (Å²) in [5, 5.41) is 2.27. The fourth-order valence-corrected chi connectivity index (χ4v) is 5.17. The number of rotatable bonds is 9. The van der Waals surface area contributed by atoms with Crippen LogP contribution in [0, 0.1) is 0 Å². The Balaban J connectivity index is 1.37. The first-order valence-corrected chi connectivity index (χ1v) is 11.4. The van der Waals surface area contributed by atoms with E-state index in [0.717, 1.165) is 44.5 Å². The standard InChI is InChI=1S/C24H37NO5/c1-5-23(6-2)18-24(28-13-14-29-24)17-22(3,4)25(23)30-12-11-19-7-9-20(10-8-19)26-15-21-16-27-21/h7-10,21H,5-6,11-18H2,1-4H3. The van der Waals surface area contributed by atoms with Crippen molar-refractivity contribution in [3.63, 3.8) is 0 Å². The summed E-state index contributed by atoms with van der Waals surface area (Å²) in [7, 11) is 0. The number of hydrogen-bond donors (Lipinski definition) is 0. The summed E-state index contributed by atoms with van der Waals surface area (Å²) >= 11 is 0. The highest BCUT2D eigenvalue weighted by atomic mass is 16.7. The van der Waals surface area contributed by atoms with Crippen LogP contribution < -0.4 is 4.74 Å². The van der Waals surface area contributed by atoms with E-state index in [4.69, 9.17) is 23.8 Å². The van der Waals surface area contributed by atoms with Crippen molar-refractivity contribution in [2.75, 3.05) is 33.0 Å². The van der Waals surface area contributed by atoms with Gasteiger partial charge in [-0.15, -0.1) is 0 Å². The Morgan fingerprint density at radius 1 is 1.03 bits per heavy atom. The third-order valence-electron chi connectivity index (χ3n) is 6.78. The smallest absolute Gasteiger partial charge is 0.172 e. The minimum Gasteiger partial charge on any atom is -0.491 e. The molecule has 1 unspecified atom stereocenters. The summed E-state index contributed by atoms with van der Waals surface area (Å²) in [6.45, 7) is 12.5. The number of nitrogens with zero attached hydrogens (tertiary/aromatic N) is 1. The fraction of sp³-hybridized carbons (Fsp3) is 0.750. The maximum atomic E-state index is 6.49. The largest absolute Gasteiger partial charge is 0.491 e. The van der Waals surface area contributed by atoms with Crippen LogP contribution in [0.25, 0.3) is 0 Å². The first-order chi connectivity index (χ1) is 14.4. The number of epoxide rings is 1. The van der Waals surface area contributed by atoms with Crippen LogP contribution in [0.4, 0.5) is 0 Å². The third-order valence-corrected chi connectivity index (χ3v) is 6.78. The Labute approximate surface area is 180 Å². The molecule has 168 valence electrons. The van der Waals surface area contributed by atoms with E-state index in [-0.39, 0.29) is 17.2 Å². The number of ether oxygens (including phenoxy) is 4. The predicted molar refractivity (Wildman–Crippen MR) is 114 cm³/mol. The summed E-state index contributed by atoms with van der Waals surface area (Å²) in [5.41, 5.74) is 0.989. The second kappa shape index (κ2) is 8.75. The van der Waals surface area contributed by atoms with Gasteiger partial charge in [-0.1, -0.05) is 26.0 Å². The van der Waals surface area contributed by atoms with Crippen LogP contribution in [-0.4, -0.2) is 61.1 Å². The lowest BCUT2D eigenvalue weighted by Crippen LogP contribution is -2.67. The average molecular weight is 420 g/mol. The van der Waals surface area contributed by atoms with Gasteiger partial charge in [-0.2, -0.15) is 5.06 Å². The van der Waals surface area contributed by atoms with E-state index in [9.17, 15) is 0 Å². The topological polar surface area (TPSA) is 52.7 Å². The molecule has 0 saturated carbocycles. The third kappa shape index (κ3) is 4.68. The van der Waals surface area contributed by atoms with Crippen LogP contribution in [0.5, 0.6) is 5.75 Å². The molecule has 3 aliphatic heterocycles. The molecule has 4 rings (SSSR count). The van der Waals surface area contributed by atoms with E-state index in [1.807, 2.05) is 12.1 Å². The van der Waals surface area contributed by atoms with E-state index < -0.39 is 5.79 Å². The Morgan fingerprint density at radius 2 is 1.70 bits per heavy atom. The summed E-state index contributed by atoms with van der Waals surface area (Å²) in [4.78, 5) is 6.49. The molecule has 0 aliphatic carbocycles. The molecule has 0 N–H and O–H groups in total. The molecular weight excluding hydrogens is 382 g/mol. The van der Waals surface area contributed by atoms with Crippen LogP contribution >= 0.6 is 0 Å². The van der Waals surface area contributed by atoms with E-state index in [0.29, 0.717) is 26.4 Å². The minimum atomic E-state index is -0.462. The Hall–Kier alpha value is -1.18. The summed E-state index contributed by atoms with van der Waals surface area (Å²) < 4.78 is 23.2. The Bertz CT molecular complexity index is 690. The molecule has 1 spiro atoms. The molecule has 6 nitrogen and oxygen atoms in total. The van der Waals surface area contributed by atoms with Crippen LogP contribution in [0.1, 0.15) is 58.9 Å². The molecule has 1 aromatic carbocycles. The quantitative estimate of drug-likeness (QED) is 0.562. The lowest BCUT2D eigenvalue weighted by Gasteiger charge is -2.58. The molecular formula is C24H37NO5. The van der Waals surface area contributed by atoms with Gasteiger partial charge in [0.1, 0.15) is 18.5 Å². The second-order valence-electron chi connectivity index (χ2n) is 9.49. The number of piperidine rings is 1. The molecule has 3 saturated heterocycles. The summed E-state index contributed by atoms with van der Waals surface area (Å²) in [6, 6.07) is 8.30. The SMILES string of the molecule is CCC1(CC)CC2(CC(C)(C)N1OCCc1ccc(OCC3CO3)cc1)OCCO2. The van der Waals surface area contributed by atoms with Gasteiger partial charge >= 0.3 is 0 Å². The van der Waals surface area contributed by atoms with Crippen molar-refractivity contribution in [1.82, 2.24) is 5.06 Å². The van der Waals surface area contributed by atoms with Crippen molar-refractivity contribution in [3.05, 3.63) is 29.8 Å². The molecule has 3 fully saturated rings. The molecule has 1 atom stereocenters. The molecule has 0 aromatic heterocycles. The second-order valence-corrected chi connectivity index (χ2v) is 9.49. The van der Waals surface area contributed by atoms with Gasteiger partial charge in [0.25, 0.3) is 0 Å². The summed E-state index contributed by atoms with van der Waals surface area (Å²) in [5.74, 6) is 0.432. The van der Waals surface area contributed by atoms with Gasteiger partial charge in [0.2, 0.25) is 0 Å². The van der Waals surface area contributed by atoms with Crippen molar-refractivity contribution in [3.8, 4) is 5.75 Å². The molecule has 0 radical (unpaired) electrons. The molecule has 30 heavy (non-hydrogen) atoms. The zero-order chi connectivity index (χ0) is 21.2. The van der Waals surface area contributed by atoms with Crippen LogP contribution in [0.15, 0.2) is 24.3 Å². The first kappa shape index (κ1) is 22.0. The van der Waals surface area contributed by atoms with E-state index in [2.05, 4.69) is 44.9 Å². The normalized spacial score (nSPS) is 26.7. The van der Waals surface area contributed by atoms with Crippen LogP contribution in [-0.2, 0) is 25.5 Å². The van der Waals surface area contributed by atoms with Gasteiger partial charge in [-0.05, 0) is 50.8 Å². The number of benzene rings is 1. The van der Waals surface area contributed by atoms with Crippen molar-refractivity contribution >= 4 is 0 Å². The Kier molecular flexibility index (Phi) is 6.43. The van der Waals surface area contributed by atoms with Crippen LogP contribution in [0.3, 0.4) is 0 Å². The van der Waals surface area contributed by atoms with Crippen molar-refractivity contribution in [2.24, 2.45) is 0 Å². The maximum absolute atomic E-state index is 6.49. The predicted octanol–water partition coefficient (Wildman–Crippen LogP) is 4.11. The van der Waals surface area contributed by atoms with Gasteiger partial charge in [0.15, 0.2) is 5.79 Å². The highest BCUT2D eigenvalue weighted by molar-refractivity contribution is 5.27. The lowest BCUT2D eigenvalue weighted by molar-refractivity contribution is -0.343.